The van der Waals surface area contributed by atoms with E-state index in [0.717, 1.165) is 25.3 Å². The summed E-state index contributed by atoms with van der Waals surface area (Å²) in [5, 5.41) is 11.6. The highest BCUT2D eigenvalue weighted by Crippen LogP contribution is 2.36. The number of hydrogen-bond acceptors (Lipinski definition) is 8. The molecule has 0 bridgehead atoms. The molecule has 3 rings (SSSR count). The maximum absolute atomic E-state index is 12.8. The van der Waals surface area contributed by atoms with Crippen LogP contribution in [-0.2, 0) is 24.3 Å². The molecule has 0 radical (unpaired) electrons. The first kappa shape index (κ1) is 25.4. The van der Waals surface area contributed by atoms with Gasteiger partial charge in [-0.2, -0.15) is 4.31 Å². The Morgan fingerprint density at radius 3 is 2.61 bits per heavy atom. The maximum atomic E-state index is 12.8. The SMILES string of the molecule is CC1CCC(C(C)C)C(OC(=O)COc2ccc(S(=O)(=O)N3CCOCC3)cc2[N+](=O)[O-])C1. The lowest BCUT2D eigenvalue weighted by Gasteiger charge is -2.36. The second-order valence-corrected chi connectivity index (χ2v) is 11.0. The molecule has 2 fully saturated rings. The molecular weight excluding hydrogens is 452 g/mol. The first-order valence-electron chi connectivity index (χ1n) is 11.3. The molecule has 1 heterocycles. The van der Waals surface area contributed by atoms with E-state index in [-0.39, 0.29) is 49.0 Å². The molecule has 2 aliphatic rings. The van der Waals surface area contributed by atoms with Crippen LogP contribution in [0.5, 0.6) is 5.75 Å². The Labute approximate surface area is 194 Å². The Bertz CT molecular complexity index is 959. The summed E-state index contributed by atoms with van der Waals surface area (Å²) in [6.07, 6.45) is 2.66. The lowest BCUT2D eigenvalue weighted by molar-refractivity contribution is -0.386. The fraction of sp³-hybridized carbons (Fsp3) is 0.682. The summed E-state index contributed by atoms with van der Waals surface area (Å²) >= 11 is 0. The van der Waals surface area contributed by atoms with E-state index in [0.29, 0.717) is 11.8 Å². The minimum Gasteiger partial charge on any atom is -0.475 e. The second kappa shape index (κ2) is 10.8. The number of sulfonamides is 1. The van der Waals surface area contributed by atoms with Gasteiger partial charge in [-0.1, -0.05) is 27.2 Å². The monoisotopic (exact) mass is 484 g/mol. The third kappa shape index (κ3) is 6.21. The number of carbonyl (C=O) groups excluding carboxylic acids is 1. The van der Waals surface area contributed by atoms with Gasteiger partial charge in [0.2, 0.25) is 10.0 Å². The van der Waals surface area contributed by atoms with Gasteiger partial charge in [0.1, 0.15) is 6.10 Å². The summed E-state index contributed by atoms with van der Waals surface area (Å²) in [6, 6.07) is 3.41. The van der Waals surface area contributed by atoms with Crippen molar-refractivity contribution in [2.75, 3.05) is 32.9 Å². The smallest absolute Gasteiger partial charge is 0.344 e. The van der Waals surface area contributed by atoms with Crippen LogP contribution in [-0.4, -0.2) is 62.6 Å². The topological polar surface area (TPSA) is 125 Å². The molecule has 184 valence electrons. The Morgan fingerprint density at radius 1 is 1.27 bits per heavy atom. The van der Waals surface area contributed by atoms with Crippen molar-refractivity contribution in [2.24, 2.45) is 17.8 Å². The molecule has 11 heteroatoms. The van der Waals surface area contributed by atoms with Crippen LogP contribution in [0.3, 0.4) is 0 Å². The fourth-order valence-electron chi connectivity index (χ4n) is 4.45. The summed E-state index contributed by atoms with van der Waals surface area (Å²) in [4.78, 5) is 23.1. The number of carbonyl (C=O) groups is 1. The van der Waals surface area contributed by atoms with Crippen molar-refractivity contribution in [3.8, 4) is 5.75 Å². The predicted octanol–water partition coefficient (Wildman–Crippen LogP) is 3.00. The van der Waals surface area contributed by atoms with Crippen LogP contribution in [0.2, 0.25) is 0 Å². The van der Waals surface area contributed by atoms with Gasteiger partial charge in [0, 0.05) is 19.2 Å². The average molecular weight is 485 g/mol. The largest absolute Gasteiger partial charge is 0.475 e. The number of nitro groups is 1. The van der Waals surface area contributed by atoms with Crippen molar-refractivity contribution in [3.05, 3.63) is 28.3 Å². The number of morpholine rings is 1. The summed E-state index contributed by atoms with van der Waals surface area (Å²) in [7, 11) is -3.90. The molecule has 1 aromatic carbocycles. The molecule has 1 saturated heterocycles. The van der Waals surface area contributed by atoms with Crippen molar-refractivity contribution in [1.29, 1.82) is 0 Å². The molecule has 1 aliphatic heterocycles. The van der Waals surface area contributed by atoms with Crippen LogP contribution < -0.4 is 4.74 Å². The number of rotatable bonds is 8. The second-order valence-electron chi connectivity index (χ2n) is 9.05. The normalized spacial score (nSPS) is 24.4. The Hall–Kier alpha value is -2.24. The van der Waals surface area contributed by atoms with Gasteiger partial charge in [-0.05, 0) is 42.7 Å². The minimum absolute atomic E-state index is 0.178. The molecule has 0 aromatic heterocycles. The van der Waals surface area contributed by atoms with Crippen molar-refractivity contribution < 1.29 is 32.3 Å². The molecular formula is C22H32N2O8S. The molecule has 3 unspecified atom stereocenters. The summed E-state index contributed by atoms with van der Waals surface area (Å²) < 4.78 is 43.1. The van der Waals surface area contributed by atoms with Gasteiger partial charge >= 0.3 is 11.7 Å². The van der Waals surface area contributed by atoms with Gasteiger partial charge in [-0.15, -0.1) is 0 Å². The van der Waals surface area contributed by atoms with Crippen molar-refractivity contribution in [2.45, 2.75) is 51.0 Å². The maximum Gasteiger partial charge on any atom is 0.344 e. The summed E-state index contributed by atoms with van der Waals surface area (Å²) in [6.45, 7) is 6.73. The van der Waals surface area contributed by atoms with Gasteiger partial charge in [0.15, 0.2) is 12.4 Å². The van der Waals surface area contributed by atoms with E-state index >= 15 is 0 Å². The van der Waals surface area contributed by atoms with Crippen LogP contribution in [0.15, 0.2) is 23.1 Å². The van der Waals surface area contributed by atoms with Crippen LogP contribution in [0.4, 0.5) is 5.69 Å². The molecule has 1 aromatic rings. The zero-order valence-electron chi connectivity index (χ0n) is 19.3. The minimum atomic E-state index is -3.90. The van der Waals surface area contributed by atoms with Crippen molar-refractivity contribution >= 4 is 21.7 Å². The Kier molecular flexibility index (Phi) is 8.30. The van der Waals surface area contributed by atoms with E-state index in [9.17, 15) is 23.3 Å². The lowest BCUT2D eigenvalue weighted by atomic mass is 9.75. The standard InChI is InChI=1S/C22H32N2O8S/c1-15(2)18-6-4-16(3)12-21(18)32-22(25)14-31-20-7-5-17(13-19(20)24(26)27)33(28,29)23-8-10-30-11-9-23/h5,7,13,15-16,18,21H,4,6,8-12,14H2,1-3H3. The van der Waals surface area contributed by atoms with Gasteiger partial charge < -0.3 is 14.2 Å². The van der Waals surface area contributed by atoms with E-state index in [1.165, 1.54) is 16.4 Å². The highest BCUT2D eigenvalue weighted by molar-refractivity contribution is 7.89. The van der Waals surface area contributed by atoms with Gasteiger partial charge in [-0.25, -0.2) is 13.2 Å². The van der Waals surface area contributed by atoms with E-state index in [1.54, 1.807) is 0 Å². The Balaban J connectivity index is 1.69. The van der Waals surface area contributed by atoms with Crippen LogP contribution in [0.1, 0.15) is 40.0 Å². The number of hydrogen-bond donors (Lipinski definition) is 0. The molecule has 1 aliphatic carbocycles. The highest BCUT2D eigenvalue weighted by Gasteiger charge is 2.34. The lowest BCUT2D eigenvalue weighted by Crippen LogP contribution is -2.40. The number of benzene rings is 1. The number of esters is 1. The third-order valence-electron chi connectivity index (χ3n) is 6.32. The van der Waals surface area contributed by atoms with Crippen LogP contribution >= 0.6 is 0 Å². The molecule has 1 saturated carbocycles. The van der Waals surface area contributed by atoms with E-state index < -0.39 is 33.2 Å². The van der Waals surface area contributed by atoms with Gasteiger partial charge in [0.05, 0.1) is 23.0 Å². The predicted molar refractivity (Wildman–Crippen MR) is 119 cm³/mol. The number of nitro benzene ring substituents is 1. The molecule has 3 atom stereocenters. The molecule has 33 heavy (non-hydrogen) atoms. The Morgan fingerprint density at radius 2 is 1.97 bits per heavy atom. The first-order valence-corrected chi connectivity index (χ1v) is 12.7. The van der Waals surface area contributed by atoms with Crippen LogP contribution in [0.25, 0.3) is 0 Å². The molecule has 0 spiro atoms. The van der Waals surface area contributed by atoms with Crippen molar-refractivity contribution in [3.63, 3.8) is 0 Å². The van der Waals surface area contributed by atoms with E-state index in [2.05, 4.69) is 20.8 Å². The average Bonchev–Trinajstić information content (AvgIpc) is 2.78. The summed E-state index contributed by atoms with van der Waals surface area (Å²) in [5.41, 5.74) is -0.525. The van der Waals surface area contributed by atoms with Crippen LogP contribution in [0, 0.1) is 27.9 Å². The summed E-state index contributed by atoms with van der Waals surface area (Å²) in [5.74, 6) is 0.317. The van der Waals surface area contributed by atoms with Gasteiger partial charge in [0.25, 0.3) is 0 Å². The zero-order valence-corrected chi connectivity index (χ0v) is 20.1. The van der Waals surface area contributed by atoms with Crippen molar-refractivity contribution in [1.82, 2.24) is 4.31 Å². The van der Waals surface area contributed by atoms with Gasteiger partial charge in [-0.3, -0.25) is 10.1 Å². The first-order chi connectivity index (χ1) is 15.6. The number of ether oxygens (including phenoxy) is 3. The fourth-order valence-corrected chi connectivity index (χ4v) is 5.88. The molecule has 10 nitrogen and oxygen atoms in total. The molecule has 0 amide bonds. The van der Waals surface area contributed by atoms with E-state index in [1.807, 2.05) is 0 Å². The third-order valence-corrected chi connectivity index (χ3v) is 8.22. The molecule has 0 N–H and O–H groups in total. The number of nitrogens with zero attached hydrogens (tertiary/aromatic N) is 2. The zero-order chi connectivity index (χ0) is 24.2. The quantitative estimate of drug-likeness (QED) is 0.313. The highest BCUT2D eigenvalue weighted by atomic mass is 32.2. The van der Waals surface area contributed by atoms with E-state index in [4.69, 9.17) is 14.2 Å².